The fraction of sp³-hybridized carbons (Fsp3) is 0.200. The van der Waals surface area contributed by atoms with Gasteiger partial charge < -0.3 is 0 Å². The van der Waals surface area contributed by atoms with Crippen molar-refractivity contribution in [3.8, 4) is 0 Å². The molecular formula is C15H14BrClN2O2S. The number of nitrogens with zero attached hydrogens (tertiary/aromatic N) is 2. The van der Waals surface area contributed by atoms with Crippen molar-refractivity contribution in [3.05, 3.63) is 53.6 Å². The highest BCUT2D eigenvalue weighted by molar-refractivity contribution is 9.09. The fourth-order valence-electron chi connectivity index (χ4n) is 2.51. The predicted molar refractivity (Wildman–Crippen MR) is 94.7 cm³/mol. The van der Waals surface area contributed by atoms with Crippen molar-refractivity contribution in [2.45, 2.75) is 6.42 Å². The van der Waals surface area contributed by atoms with Crippen LogP contribution in [0.1, 0.15) is 6.42 Å². The van der Waals surface area contributed by atoms with Crippen molar-refractivity contribution in [3.63, 3.8) is 0 Å². The Kier molecular flexibility index (Phi) is 4.34. The molecule has 0 unspecified atom stereocenters. The number of fused-ring (bicyclic) bond motifs is 1. The van der Waals surface area contributed by atoms with Gasteiger partial charge in [0, 0.05) is 16.9 Å². The number of hydrogen-bond donors (Lipinski definition) is 0. The minimum absolute atomic E-state index is 0.432. The van der Waals surface area contributed by atoms with Gasteiger partial charge in [-0.05, 0) is 36.8 Å². The Morgan fingerprint density at radius 2 is 1.77 bits per heavy atom. The van der Waals surface area contributed by atoms with Gasteiger partial charge in [0.15, 0.2) is 0 Å². The highest BCUT2D eigenvalue weighted by atomic mass is 79.9. The largest absolute Gasteiger partial charge is 0.330 e. The molecule has 0 saturated heterocycles. The molecule has 2 aromatic carbocycles. The summed E-state index contributed by atoms with van der Waals surface area (Å²) in [5.74, 6) is 0. The molecule has 0 bridgehead atoms. The van der Waals surface area contributed by atoms with Gasteiger partial charge in [0.05, 0.1) is 17.1 Å². The van der Waals surface area contributed by atoms with Gasteiger partial charge in [0.2, 0.25) is 0 Å². The molecule has 0 atom stereocenters. The van der Waals surface area contributed by atoms with Crippen molar-refractivity contribution >= 4 is 54.8 Å². The molecule has 4 nitrogen and oxygen atoms in total. The summed E-state index contributed by atoms with van der Waals surface area (Å²) in [4.78, 5) is 0. The smallest absolute Gasteiger partial charge is 0.251 e. The zero-order valence-corrected chi connectivity index (χ0v) is 14.8. The van der Waals surface area contributed by atoms with Crippen LogP contribution in [0.15, 0.2) is 48.5 Å². The number of alkyl halides is 1. The minimum atomic E-state index is -3.64. The maximum absolute atomic E-state index is 13.0. The standard InChI is InChI=1S/C15H14BrClN2O2S/c16-9-4-10-18-14-7-1-2-8-15(14)19(22(18,20)21)13-6-3-5-12(17)11-13/h1-3,5-8,11H,4,9-10H2. The van der Waals surface area contributed by atoms with E-state index in [1.54, 1.807) is 24.3 Å². The average Bonchev–Trinajstić information content (AvgIpc) is 2.71. The maximum atomic E-state index is 13.0. The lowest BCUT2D eigenvalue weighted by molar-refractivity contribution is 0.593. The lowest BCUT2D eigenvalue weighted by Gasteiger charge is -2.21. The second kappa shape index (κ2) is 6.10. The summed E-state index contributed by atoms with van der Waals surface area (Å²) in [7, 11) is -3.64. The molecule has 0 spiro atoms. The van der Waals surface area contributed by atoms with E-state index in [2.05, 4.69) is 15.9 Å². The zero-order chi connectivity index (χ0) is 15.7. The van der Waals surface area contributed by atoms with Crippen LogP contribution in [-0.2, 0) is 10.2 Å². The van der Waals surface area contributed by atoms with Gasteiger partial charge >= 0.3 is 10.2 Å². The van der Waals surface area contributed by atoms with Gasteiger partial charge in [-0.15, -0.1) is 0 Å². The van der Waals surface area contributed by atoms with Gasteiger partial charge in [-0.3, -0.25) is 4.31 Å². The van der Waals surface area contributed by atoms with E-state index >= 15 is 0 Å². The third-order valence-corrected chi connectivity index (χ3v) is 6.02. The van der Waals surface area contributed by atoms with E-state index in [1.165, 1.54) is 8.61 Å². The first-order valence-corrected chi connectivity index (χ1v) is 9.69. The van der Waals surface area contributed by atoms with Crippen LogP contribution in [0.2, 0.25) is 5.02 Å². The van der Waals surface area contributed by atoms with Crippen LogP contribution in [0.25, 0.3) is 0 Å². The van der Waals surface area contributed by atoms with Crippen LogP contribution < -0.4 is 8.61 Å². The second-order valence-corrected chi connectivity index (χ2v) is 7.79. The van der Waals surface area contributed by atoms with Crippen molar-refractivity contribution in [2.24, 2.45) is 0 Å². The van der Waals surface area contributed by atoms with E-state index in [0.717, 1.165) is 11.8 Å². The quantitative estimate of drug-likeness (QED) is 0.716. The van der Waals surface area contributed by atoms with Crippen molar-refractivity contribution in [2.75, 3.05) is 20.5 Å². The molecule has 3 rings (SSSR count). The molecule has 1 aliphatic rings. The van der Waals surface area contributed by atoms with E-state index in [1.807, 2.05) is 24.3 Å². The first-order chi connectivity index (χ1) is 10.6. The van der Waals surface area contributed by atoms with Crippen LogP contribution in [-0.4, -0.2) is 20.3 Å². The Labute approximate surface area is 143 Å². The normalized spacial score (nSPS) is 15.9. The molecule has 0 N–H and O–H groups in total. The first-order valence-electron chi connectivity index (χ1n) is 6.79. The molecule has 0 aliphatic carbocycles. The molecule has 0 radical (unpaired) electrons. The van der Waals surface area contributed by atoms with Gasteiger partial charge in [-0.2, -0.15) is 8.42 Å². The SMILES string of the molecule is O=S1(=O)N(CCCBr)c2ccccc2N1c1cccc(Cl)c1. The van der Waals surface area contributed by atoms with Gasteiger partial charge in [0.25, 0.3) is 0 Å². The number of halogens is 2. The molecule has 0 saturated carbocycles. The molecular weight excluding hydrogens is 388 g/mol. The Balaban J connectivity index is 2.14. The summed E-state index contributed by atoms with van der Waals surface area (Å²) < 4.78 is 28.7. The summed E-state index contributed by atoms with van der Waals surface area (Å²) in [5.41, 5.74) is 1.89. The Bertz CT molecular complexity index is 798. The minimum Gasteiger partial charge on any atom is -0.251 e. The summed E-state index contributed by atoms with van der Waals surface area (Å²) >= 11 is 9.37. The fourth-order valence-corrected chi connectivity index (χ4v) is 4.69. The van der Waals surface area contributed by atoms with E-state index in [0.29, 0.717) is 28.6 Å². The van der Waals surface area contributed by atoms with Crippen molar-refractivity contribution < 1.29 is 8.42 Å². The second-order valence-electron chi connectivity index (χ2n) is 4.86. The van der Waals surface area contributed by atoms with Gasteiger partial charge in [-0.25, -0.2) is 4.31 Å². The number of rotatable bonds is 4. The topological polar surface area (TPSA) is 40.6 Å². The van der Waals surface area contributed by atoms with Crippen LogP contribution in [0.3, 0.4) is 0 Å². The van der Waals surface area contributed by atoms with E-state index in [4.69, 9.17) is 11.6 Å². The predicted octanol–water partition coefficient (Wildman–Crippen LogP) is 4.33. The molecule has 2 aromatic rings. The number of benzene rings is 2. The molecule has 0 fully saturated rings. The van der Waals surface area contributed by atoms with Crippen LogP contribution in [0.4, 0.5) is 17.1 Å². The third kappa shape index (κ3) is 2.59. The Hall–Kier alpha value is -1.24. The van der Waals surface area contributed by atoms with Crippen molar-refractivity contribution in [1.82, 2.24) is 0 Å². The van der Waals surface area contributed by atoms with E-state index in [-0.39, 0.29) is 0 Å². The third-order valence-electron chi connectivity index (χ3n) is 3.42. The number of hydrogen-bond acceptors (Lipinski definition) is 2. The molecule has 0 amide bonds. The number of anilines is 3. The summed E-state index contributed by atoms with van der Waals surface area (Å²) in [6, 6.07) is 14.2. The van der Waals surface area contributed by atoms with Crippen LogP contribution >= 0.6 is 27.5 Å². The first kappa shape index (κ1) is 15.6. The highest BCUT2D eigenvalue weighted by Crippen LogP contribution is 2.45. The molecule has 0 aromatic heterocycles. The Morgan fingerprint density at radius 1 is 1.05 bits per heavy atom. The molecule has 1 heterocycles. The zero-order valence-electron chi connectivity index (χ0n) is 11.6. The lowest BCUT2D eigenvalue weighted by atomic mass is 10.2. The molecule has 1 aliphatic heterocycles. The number of para-hydroxylation sites is 2. The van der Waals surface area contributed by atoms with Gasteiger partial charge in [0.1, 0.15) is 0 Å². The average molecular weight is 402 g/mol. The summed E-state index contributed by atoms with van der Waals surface area (Å²) in [6.07, 6.45) is 0.733. The van der Waals surface area contributed by atoms with Crippen molar-refractivity contribution in [1.29, 1.82) is 0 Å². The van der Waals surface area contributed by atoms with Crippen LogP contribution in [0.5, 0.6) is 0 Å². The molecule has 116 valence electrons. The molecule has 7 heteroatoms. The van der Waals surface area contributed by atoms with Gasteiger partial charge in [-0.1, -0.05) is 45.7 Å². The van der Waals surface area contributed by atoms with E-state index in [9.17, 15) is 8.42 Å². The van der Waals surface area contributed by atoms with Crippen LogP contribution in [0, 0.1) is 0 Å². The van der Waals surface area contributed by atoms with E-state index < -0.39 is 10.2 Å². The maximum Gasteiger partial charge on any atom is 0.330 e. The monoisotopic (exact) mass is 400 g/mol. The lowest BCUT2D eigenvalue weighted by Crippen LogP contribution is -2.36. The Morgan fingerprint density at radius 3 is 2.45 bits per heavy atom. The highest BCUT2D eigenvalue weighted by Gasteiger charge is 2.40. The summed E-state index contributed by atoms with van der Waals surface area (Å²) in [6.45, 7) is 0.432. The summed E-state index contributed by atoms with van der Waals surface area (Å²) in [5, 5.41) is 1.25. The molecule has 22 heavy (non-hydrogen) atoms.